The molecule has 2 heterocycles. The first-order chi connectivity index (χ1) is 32.8. The van der Waals surface area contributed by atoms with Crippen LogP contribution in [0.5, 0.6) is 0 Å². The van der Waals surface area contributed by atoms with E-state index in [1.165, 1.54) is 26.9 Å². The lowest BCUT2D eigenvalue weighted by molar-refractivity contribution is 0.671. The number of furan rings is 1. The van der Waals surface area contributed by atoms with Gasteiger partial charge in [0.25, 0.3) is 0 Å². The van der Waals surface area contributed by atoms with Crippen molar-refractivity contribution >= 4 is 99.4 Å². The summed E-state index contributed by atoms with van der Waals surface area (Å²) in [5, 5.41) is 9.29. The highest BCUT2D eigenvalue weighted by Gasteiger charge is 2.26. The lowest BCUT2D eigenvalue weighted by Gasteiger charge is -2.31. The maximum atomic E-state index is 7.09. The molecule has 0 radical (unpaired) electrons. The molecule has 13 aromatic rings. The zero-order chi connectivity index (χ0) is 43.6. The summed E-state index contributed by atoms with van der Waals surface area (Å²) in [6.07, 6.45) is 0. The Kier molecular flexibility index (Phi) is 8.81. The van der Waals surface area contributed by atoms with Crippen molar-refractivity contribution in [3.8, 4) is 16.8 Å². The van der Waals surface area contributed by atoms with Gasteiger partial charge in [-0.25, -0.2) is 0 Å². The van der Waals surface area contributed by atoms with Crippen LogP contribution in [-0.4, -0.2) is 4.57 Å². The number of aromatic nitrogens is 1. The van der Waals surface area contributed by atoms with Crippen molar-refractivity contribution in [3.63, 3.8) is 0 Å². The largest absolute Gasteiger partial charge is 0.454 e. The standard InChI is InChI=1S/C62H41N3O/c1-5-21-44(22-6-1)63(45-23-7-2-8-24-45)48-38-43(39-49(40-48)64(46-25-9-3-10-26-46)57-34-19-32-51-50-29-14-13-20-42(50)36-37-53(51)57)55-41-56-52-30-15-17-33-58(52)65(47-27-11-4-12-28-47)61(56)62-60(55)54-31-16-18-35-59(54)66-62/h1-41H. The highest BCUT2D eigenvalue weighted by Crippen LogP contribution is 2.49. The third-order valence-electron chi connectivity index (χ3n) is 13.1. The smallest absolute Gasteiger partial charge is 0.160 e. The molecule has 0 saturated carbocycles. The molecule has 0 N–H and O–H groups in total. The molecular formula is C62H41N3O. The monoisotopic (exact) mass is 843 g/mol. The molecule has 11 aromatic carbocycles. The first-order valence-corrected chi connectivity index (χ1v) is 22.5. The molecule has 0 aliphatic heterocycles. The van der Waals surface area contributed by atoms with Gasteiger partial charge in [-0.2, -0.15) is 0 Å². The van der Waals surface area contributed by atoms with E-state index < -0.39 is 0 Å². The molecule has 0 saturated heterocycles. The fraction of sp³-hybridized carbons (Fsp3) is 0. The summed E-state index contributed by atoms with van der Waals surface area (Å²) in [5.41, 5.74) is 13.5. The molecule has 0 amide bonds. The first kappa shape index (κ1) is 37.7. The van der Waals surface area contributed by atoms with Gasteiger partial charge in [0.15, 0.2) is 5.58 Å². The van der Waals surface area contributed by atoms with Crippen molar-refractivity contribution in [3.05, 3.63) is 249 Å². The van der Waals surface area contributed by atoms with Gasteiger partial charge in [-0.1, -0.05) is 158 Å². The maximum Gasteiger partial charge on any atom is 0.160 e. The van der Waals surface area contributed by atoms with Crippen LogP contribution in [0.4, 0.5) is 34.1 Å². The van der Waals surface area contributed by atoms with Crippen LogP contribution in [0.3, 0.4) is 0 Å². The Labute approximate surface area is 382 Å². The highest BCUT2D eigenvalue weighted by molar-refractivity contribution is 6.26. The van der Waals surface area contributed by atoms with Gasteiger partial charge in [0, 0.05) is 61.1 Å². The summed E-state index contributed by atoms with van der Waals surface area (Å²) in [4.78, 5) is 4.81. The molecule has 0 atom stereocenters. The zero-order valence-electron chi connectivity index (χ0n) is 35.9. The fourth-order valence-electron chi connectivity index (χ4n) is 10.2. The number of hydrogen-bond donors (Lipinski definition) is 0. The third-order valence-corrected chi connectivity index (χ3v) is 13.1. The van der Waals surface area contributed by atoms with Crippen LogP contribution >= 0.6 is 0 Å². The summed E-state index contributed by atoms with van der Waals surface area (Å²) in [6.45, 7) is 0. The van der Waals surface area contributed by atoms with Crippen molar-refractivity contribution < 1.29 is 4.42 Å². The third kappa shape index (κ3) is 6.07. The minimum atomic E-state index is 0.853. The molecule has 66 heavy (non-hydrogen) atoms. The first-order valence-electron chi connectivity index (χ1n) is 22.5. The van der Waals surface area contributed by atoms with Gasteiger partial charge >= 0.3 is 0 Å². The van der Waals surface area contributed by atoms with E-state index in [4.69, 9.17) is 4.42 Å². The zero-order valence-corrected chi connectivity index (χ0v) is 35.9. The summed E-state index contributed by atoms with van der Waals surface area (Å²) in [6, 6.07) is 89.4. The minimum absolute atomic E-state index is 0.853. The molecule has 0 bridgehead atoms. The molecule has 4 nitrogen and oxygen atoms in total. The highest BCUT2D eigenvalue weighted by atomic mass is 16.3. The van der Waals surface area contributed by atoms with Gasteiger partial charge in [-0.3, -0.25) is 0 Å². The molecule has 0 spiro atoms. The SMILES string of the molecule is c1ccc(N(c2ccccc2)c2cc(-c3cc4c5ccccc5n(-c5ccccc5)c4c4oc5ccccc5c34)cc(N(c3ccccc3)c3cccc4c3ccc3ccccc34)c2)cc1. The van der Waals surface area contributed by atoms with Crippen molar-refractivity contribution in [2.45, 2.75) is 0 Å². The van der Waals surface area contributed by atoms with Crippen LogP contribution in [0.15, 0.2) is 253 Å². The van der Waals surface area contributed by atoms with Crippen LogP contribution < -0.4 is 9.80 Å². The number of rotatable bonds is 8. The molecule has 0 aliphatic carbocycles. The lowest BCUT2D eigenvalue weighted by atomic mass is 9.95. The van der Waals surface area contributed by atoms with Crippen LogP contribution in [0.25, 0.3) is 82.1 Å². The minimum Gasteiger partial charge on any atom is -0.454 e. The molecular weight excluding hydrogens is 803 g/mol. The van der Waals surface area contributed by atoms with E-state index in [0.29, 0.717) is 0 Å². The predicted octanol–water partition coefficient (Wildman–Crippen LogP) is 17.6. The molecule has 4 heteroatoms. The number of fused-ring (bicyclic) bond motifs is 10. The van der Waals surface area contributed by atoms with E-state index in [1.807, 2.05) is 0 Å². The van der Waals surface area contributed by atoms with E-state index >= 15 is 0 Å². The van der Waals surface area contributed by atoms with Crippen LogP contribution in [0.1, 0.15) is 0 Å². The second-order valence-corrected chi connectivity index (χ2v) is 16.9. The Bertz CT molecular complexity index is 3890. The van der Waals surface area contributed by atoms with Gasteiger partial charge in [-0.05, 0) is 118 Å². The normalized spacial score (nSPS) is 11.6. The van der Waals surface area contributed by atoms with Crippen molar-refractivity contribution in [1.29, 1.82) is 0 Å². The average Bonchev–Trinajstić information content (AvgIpc) is 3.94. The van der Waals surface area contributed by atoms with Gasteiger partial charge < -0.3 is 18.8 Å². The fourth-order valence-corrected chi connectivity index (χ4v) is 10.2. The van der Waals surface area contributed by atoms with E-state index in [0.717, 1.165) is 89.3 Å². The summed E-state index contributed by atoms with van der Waals surface area (Å²) in [7, 11) is 0. The second kappa shape index (κ2) is 15.4. The molecule has 2 aromatic heterocycles. The number of benzene rings is 11. The maximum absolute atomic E-state index is 7.09. The van der Waals surface area contributed by atoms with E-state index in [2.05, 4.69) is 263 Å². The van der Waals surface area contributed by atoms with Crippen LogP contribution in [0.2, 0.25) is 0 Å². The van der Waals surface area contributed by atoms with E-state index in [9.17, 15) is 0 Å². The van der Waals surface area contributed by atoms with Crippen LogP contribution in [-0.2, 0) is 0 Å². The molecule has 0 aliphatic rings. The number of para-hydroxylation sites is 6. The topological polar surface area (TPSA) is 24.6 Å². The van der Waals surface area contributed by atoms with Crippen LogP contribution in [0, 0.1) is 0 Å². The van der Waals surface area contributed by atoms with Crippen molar-refractivity contribution in [2.75, 3.05) is 9.80 Å². The van der Waals surface area contributed by atoms with E-state index in [-0.39, 0.29) is 0 Å². The number of hydrogen-bond acceptors (Lipinski definition) is 3. The lowest BCUT2D eigenvalue weighted by Crippen LogP contribution is -2.14. The Morgan fingerprint density at radius 3 is 1.62 bits per heavy atom. The second-order valence-electron chi connectivity index (χ2n) is 16.9. The molecule has 13 rings (SSSR count). The quantitative estimate of drug-likeness (QED) is 0.142. The summed E-state index contributed by atoms with van der Waals surface area (Å²) in [5.74, 6) is 0. The molecule has 0 unspecified atom stereocenters. The van der Waals surface area contributed by atoms with E-state index in [1.54, 1.807) is 0 Å². The predicted molar refractivity (Wildman–Crippen MR) is 278 cm³/mol. The molecule has 0 fully saturated rings. The van der Waals surface area contributed by atoms with Gasteiger partial charge in [0.05, 0.1) is 16.7 Å². The number of anilines is 6. The Morgan fingerprint density at radius 2 is 0.909 bits per heavy atom. The molecule has 310 valence electrons. The Balaban J connectivity index is 1.17. The average molecular weight is 844 g/mol. The van der Waals surface area contributed by atoms with Crippen molar-refractivity contribution in [1.82, 2.24) is 4.57 Å². The van der Waals surface area contributed by atoms with Gasteiger partial charge in [0.2, 0.25) is 0 Å². The Morgan fingerprint density at radius 1 is 0.348 bits per heavy atom. The van der Waals surface area contributed by atoms with Gasteiger partial charge in [0.1, 0.15) is 5.58 Å². The Hall–Kier alpha value is -8.86. The number of nitrogens with zero attached hydrogens (tertiary/aromatic N) is 3. The summed E-state index contributed by atoms with van der Waals surface area (Å²) >= 11 is 0. The van der Waals surface area contributed by atoms with Crippen molar-refractivity contribution in [2.24, 2.45) is 0 Å². The van der Waals surface area contributed by atoms with Gasteiger partial charge in [-0.15, -0.1) is 0 Å². The summed E-state index contributed by atoms with van der Waals surface area (Å²) < 4.78 is 9.46.